The second kappa shape index (κ2) is 5.51. The average Bonchev–Trinajstić information content (AvgIpc) is 2.79. The zero-order valence-corrected chi connectivity index (χ0v) is 13.3. The predicted octanol–water partition coefficient (Wildman–Crippen LogP) is 5.01. The molecule has 0 spiro atoms. The van der Waals surface area contributed by atoms with Crippen molar-refractivity contribution in [2.45, 2.75) is 39.7 Å². The summed E-state index contributed by atoms with van der Waals surface area (Å²) in [5.41, 5.74) is 2.22. The molecule has 1 N–H and O–H groups in total. The van der Waals surface area contributed by atoms with E-state index in [2.05, 4.69) is 43.2 Å². The lowest BCUT2D eigenvalue weighted by atomic mass is 9.95. The number of pyridine rings is 1. The number of aromatic nitrogens is 1. The molecular weight excluding hydrogens is 276 g/mol. The maximum atomic E-state index is 5.91. The Hall–Kier alpha value is -1.06. The van der Waals surface area contributed by atoms with Crippen LogP contribution < -0.4 is 5.32 Å². The lowest BCUT2D eigenvalue weighted by molar-refractivity contribution is 0.604. The normalized spacial score (nSPS) is 11.6. The van der Waals surface area contributed by atoms with Gasteiger partial charge in [0.25, 0.3) is 0 Å². The van der Waals surface area contributed by atoms with Gasteiger partial charge in [-0.1, -0.05) is 32.4 Å². The van der Waals surface area contributed by atoms with Crippen molar-refractivity contribution in [3.05, 3.63) is 44.9 Å². The molecule has 0 amide bonds. The van der Waals surface area contributed by atoms with Crippen molar-refractivity contribution in [3.63, 3.8) is 0 Å². The summed E-state index contributed by atoms with van der Waals surface area (Å²) in [4.78, 5) is 6.88. The van der Waals surface area contributed by atoms with Gasteiger partial charge in [0.05, 0.1) is 11.9 Å². The molecule has 0 fully saturated rings. The van der Waals surface area contributed by atoms with E-state index in [-0.39, 0.29) is 5.41 Å². The van der Waals surface area contributed by atoms with Crippen LogP contribution in [0.3, 0.4) is 0 Å². The van der Waals surface area contributed by atoms with Gasteiger partial charge in [-0.2, -0.15) is 0 Å². The maximum absolute atomic E-state index is 5.91. The molecular formula is C15H19ClN2S. The van der Waals surface area contributed by atoms with E-state index < -0.39 is 0 Å². The van der Waals surface area contributed by atoms with Gasteiger partial charge in [0.2, 0.25) is 0 Å². The molecule has 0 bridgehead atoms. The van der Waals surface area contributed by atoms with Crippen molar-refractivity contribution in [1.82, 2.24) is 4.98 Å². The van der Waals surface area contributed by atoms with Gasteiger partial charge in [-0.25, -0.2) is 4.98 Å². The summed E-state index contributed by atoms with van der Waals surface area (Å²) in [6.45, 7) is 9.50. The van der Waals surface area contributed by atoms with Gasteiger partial charge >= 0.3 is 0 Å². The van der Waals surface area contributed by atoms with E-state index in [9.17, 15) is 0 Å². The lowest BCUT2D eigenvalue weighted by Crippen LogP contribution is -2.07. The molecule has 0 aliphatic rings. The number of aryl methyl sites for hydroxylation is 1. The van der Waals surface area contributed by atoms with Crippen LogP contribution in [0.15, 0.2) is 24.4 Å². The first-order valence-electron chi connectivity index (χ1n) is 6.31. The standard InChI is InChI=1S/C15H19ClN2S/c1-10-7-11(8-18-14(10)16)17-9-12-5-6-13(19-12)15(2,3)4/h5-8,17H,9H2,1-4H3. The zero-order chi connectivity index (χ0) is 14.0. The molecule has 0 saturated heterocycles. The van der Waals surface area contributed by atoms with Crippen LogP contribution in [0, 0.1) is 6.92 Å². The Kier molecular flexibility index (Phi) is 4.16. The number of hydrogen-bond donors (Lipinski definition) is 1. The first kappa shape index (κ1) is 14.4. The Bertz CT molecular complexity index is 570. The van der Waals surface area contributed by atoms with Crippen molar-refractivity contribution in [2.24, 2.45) is 0 Å². The summed E-state index contributed by atoms with van der Waals surface area (Å²) < 4.78 is 0. The molecule has 0 aliphatic heterocycles. The minimum atomic E-state index is 0.224. The van der Waals surface area contributed by atoms with E-state index in [1.54, 1.807) is 6.20 Å². The molecule has 2 rings (SSSR count). The summed E-state index contributed by atoms with van der Waals surface area (Å²) in [6, 6.07) is 6.43. The van der Waals surface area contributed by atoms with E-state index in [0.29, 0.717) is 5.15 Å². The smallest absolute Gasteiger partial charge is 0.132 e. The fraction of sp³-hybridized carbons (Fsp3) is 0.400. The van der Waals surface area contributed by atoms with E-state index in [1.165, 1.54) is 9.75 Å². The molecule has 102 valence electrons. The Morgan fingerprint density at radius 3 is 2.63 bits per heavy atom. The highest BCUT2D eigenvalue weighted by atomic mass is 35.5. The first-order chi connectivity index (χ1) is 8.86. The van der Waals surface area contributed by atoms with E-state index in [1.807, 2.05) is 24.3 Å². The second-order valence-electron chi connectivity index (χ2n) is 5.70. The first-order valence-corrected chi connectivity index (χ1v) is 7.51. The van der Waals surface area contributed by atoms with Crippen molar-refractivity contribution >= 4 is 28.6 Å². The number of rotatable bonds is 3. The number of hydrogen-bond acceptors (Lipinski definition) is 3. The fourth-order valence-corrected chi connectivity index (χ4v) is 2.83. The maximum Gasteiger partial charge on any atom is 0.132 e. The molecule has 19 heavy (non-hydrogen) atoms. The molecule has 0 unspecified atom stereocenters. The Morgan fingerprint density at radius 1 is 1.32 bits per heavy atom. The number of nitrogens with zero attached hydrogens (tertiary/aromatic N) is 1. The lowest BCUT2D eigenvalue weighted by Gasteiger charge is -2.15. The van der Waals surface area contributed by atoms with E-state index in [4.69, 9.17) is 11.6 Å². The van der Waals surface area contributed by atoms with Crippen LogP contribution in [0.5, 0.6) is 0 Å². The monoisotopic (exact) mass is 294 g/mol. The quantitative estimate of drug-likeness (QED) is 0.805. The highest BCUT2D eigenvalue weighted by Crippen LogP contribution is 2.29. The highest BCUT2D eigenvalue weighted by molar-refractivity contribution is 7.12. The van der Waals surface area contributed by atoms with E-state index >= 15 is 0 Å². The third-order valence-corrected chi connectivity index (χ3v) is 4.79. The van der Waals surface area contributed by atoms with Crippen LogP contribution in [0.25, 0.3) is 0 Å². The molecule has 0 atom stereocenters. The third-order valence-electron chi connectivity index (χ3n) is 2.88. The van der Waals surface area contributed by atoms with Crippen LogP contribution in [-0.4, -0.2) is 4.98 Å². The molecule has 0 aromatic carbocycles. The minimum absolute atomic E-state index is 0.224. The van der Waals surface area contributed by atoms with Gasteiger partial charge in [-0.15, -0.1) is 11.3 Å². The molecule has 0 aliphatic carbocycles. The largest absolute Gasteiger partial charge is 0.379 e. The van der Waals surface area contributed by atoms with Gasteiger partial charge in [-0.05, 0) is 36.1 Å². The molecule has 2 nitrogen and oxygen atoms in total. The number of anilines is 1. The summed E-state index contributed by atoms with van der Waals surface area (Å²) in [5, 5.41) is 3.95. The highest BCUT2D eigenvalue weighted by Gasteiger charge is 2.15. The Labute approximate surface area is 123 Å². The summed E-state index contributed by atoms with van der Waals surface area (Å²) in [6.07, 6.45) is 1.77. The third kappa shape index (κ3) is 3.71. The predicted molar refractivity (Wildman–Crippen MR) is 84.3 cm³/mol. The van der Waals surface area contributed by atoms with Gasteiger partial charge in [0.15, 0.2) is 0 Å². The number of nitrogens with one attached hydrogen (secondary N) is 1. The SMILES string of the molecule is Cc1cc(NCc2ccc(C(C)(C)C)s2)cnc1Cl. The minimum Gasteiger partial charge on any atom is -0.379 e. The van der Waals surface area contributed by atoms with Crippen LogP contribution in [0.1, 0.15) is 36.1 Å². The van der Waals surface area contributed by atoms with Crippen LogP contribution in [0.2, 0.25) is 5.15 Å². The van der Waals surface area contributed by atoms with E-state index in [0.717, 1.165) is 17.8 Å². The molecule has 2 aromatic rings. The second-order valence-corrected chi connectivity index (χ2v) is 7.23. The fourth-order valence-electron chi connectivity index (χ4n) is 1.72. The summed E-state index contributed by atoms with van der Waals surface area (Å²) in [7, 11) is 0. The zero-order valence-electron chi connectivity index (χ0n) is 11.7. The Balaban J connectivity index is 2.02. The van der Waals surface area contributed by atoms with Crippen molar-refractivity contribution in [1.29, 1.82) is 0 Å². The number of thiophene rings is 1. The topological polar surface area (TPSA) is 24.9 Å². The van der Waals surface area contributed by atoms with Crippen LogP contribution in [0.4, 0.5) is 5.69 Å². The summed E-state index contributed by atoms with van der Waals surface area (Å²) >= 11 is 7.77. The summed E-state index contributed by atoms with van der Waals surface area (Å²) in [5.74, 6) is 0. The average molecular weight is 295 g/mol. The van der Waals surface area contributed by atoms with Gasteiger partial charge < -0.3 is 5.32 Å². The molecule has 0 saturated carbocycles. The number of halogens is 1. The molecule has 4 heteroatoms. The molecule has 2 heterocycles. The van der Waals surface area contributed by atoms with Crippen LogP contribution in [-0.2, 0) is 12.0 Å². The van der Waals surface area contributed by atoms with Crippen LogP contribution >= 0.6 is 22.9 Å². The van der Waals surface area contributed by atoms with Gasteiger partial charge in [0, 0.05) is 16.3 Å². The molecule has 0 radical (unpaired) electrons. The Morgan fingerprint density at radius 2 is 2.05 bits per heavy atom. The van der Waals surface area contributed by atoms with Crippen molar-refractivity contribution < 1.29 is 0 Å². The van der Waals surface area contributed by atoms with Gasteiger partial charge in [-0.3, -0.25) is 0 Å². The van der Waals surface area contributed by atoms with Gasteiger partial charge in [0.1, 0.15) is 5.15 Å². The molecule has 2 aromatic heterocycles. The van der Waals surface area contributed by atoms with Crippen molar-refractivity contribution in [2.75, 3.05) is 5.32 Å². The van der Waals surface area contributed by atoms with Crippen molar-refractivity contribution in [3.8, 4) is 0 Å².